The first kappa shape index (κ1) is 21.4. The van der Waals surface area contributed by atoms with E-state index in [9.17, 15) is 10.2 Å². The van der Waals surface area contributed by atoms with Gasteiger partial charge in [-0.2, -0.15) is 0 Å². The Labute approximate surface area is 178 Å². The molecule has 0 heterocycles. The van der Waals surface area contributed by atoms with E-state index < -0.39 is 12.2 Å². The lowest BCUT2D eigenvalue weighted by molar-refractivity contribution is 0.0861. The molecule has 4 aliphatic carbocycles. The quantitative estimate of drug-likeness (QED) is 0.548. The average Bonchev–Trinajstić information content (AvgIpc) is 3.42. The molecule has 4 fully saturated rings. The van der Waals surface area contributed by atoms with Gasteiger partial charge in [-0.3, -0.25) is 0 Å². The van der Waals surface area contributed by atoms with Crippen molar-refractivity contribution in [1.29, 1.82) is 0 Å². The first-order valence-electron chi connectivity index (χ1n) is 12.3. The summed E-state index contributed by atoms with van der Waals surface area (Å²) in [6.45, 7) is 9.19. The number of rotatable bonds is 6. The highest BCUT2D eigenvalue weighted by Crippen LogP contribution is 2.60. The fraction of sp³-hybridized carbons (Fsp3) is 0.778. The van der Waals surface area contributed by atoms with Crippen molar-refractivity contribution >= 4 is 0 Å². The molecule has 0 radical (unpaired) electrons. The smallest absolute Gasteiger partial charge is 0.0811 e. The Balaban J connectivity index is 1.44. The lowest BCUT2D eigenvalue weighted by Gasteiger charge is -2.44. The van der Waals surface area contributed by atoms with E-state index >= 15 is 0 Å². The second-order valence-electron chi connectivity index (χ2n) is 11.0. The number of hydrogen-bond donors (Lipinski definition) is 2. The second-order valence-corrected chi connectivity index (χ2v) is 11.0. The van der Waals surface area contributed by atoms with Crippen LogP contribution in [0.3, 0.4) is 0 Å². The third-order valence-corrected chi connectivity index (χ3v) is 8.96. The minimum atomic E-state index is -0.590. The van der Waals surface area contributed by atoms with E-state index in [-0.39, 0.29) is 0 Å². The topological polar surface area (TPSA) is 40.5 Å². The molecular weight excluding hydrogens is 356 g/mol. The Hall–Kier alpha value is -0.860. The molecule has 6 atom stereocenters. The van der Waals surface area contributed by atoms with Gasteiger partial charge >= 0.3 is 0 Å². The SMILES string of the molecule is C=C1/C(=C\C=C2/CCC[C@]3(C)[C@@H]([C@H](C)CCCC4CC4)CC[C@@H]23)C[C@@H](O)C[C@@H]1O. The summed E-state index contributed by atoms with van der Waals surface area (Å²) < 4.78 is 0. The molecule has 4 saturated carbocycles. The number of fused-ring (bicyclic) bond motifs is 1. The average molecular weight is 399 g/mol. The minimum Gasteiger partial charge on any atom is -0.393 e. The van der Waals surface area contributed by atoms with Crippen LogP contribution in [-0.2, 0) is 0 Å². The zero-order chi connectivity index (χ0) is 20.6. The van der Waals surface area contributed by atoms with Crippen molar-refractivity contribution in [3.63, 3.8) is 0 Å². The van der Waals surface area contributed by atoms with Crippen LogP contribution in [0.4, 0.5) is 0 Å². The van der Waals surface area contributed by atoms with Crippen LogP contribution < -0.4 is 0 Å². The fourth-order valence-electron chi connectivity index (χ4n) is 7.02. The van der Waals surface area contributed by atoms with E-state index in [1.807, 2.05) is 0 Å². The van der Waals surface area contributed by atoms with Crippen molar-refractivity contribution < 1.29 is 10.2 Å². The molecule has 0 aromatic heterocycles. The van der Waals surface area contributed by atoms with Gasteiger partial charge in [-0.1, -0.05) is 70.3 Å². The number of hydrogen-bond acceptors (Lipinski definition) is 2. The zero-order valence-corrected chi connectivity index (χ0v) is 18.7. The highest BCUT2D eigenvalue weighted by atomic mass is 16.3. The number of allylic oxidation sites excluding steroid dienone is 3. The Kier molecular flexibility index (Phi) is 6.42. The van der Waals surface area contributed by atoms with E-state index in [0.29, 0.717) is 18.3 Å². The van der Waals surface area contributed by atoms with Crippen LogP contribution in [-0.4, -0.2) is 22.4 Å². The van der Waals surface area contributed by atoms with Crippen LogP contribution in [0.15, 0.2) is 35.5 Å². The molecule has 2 heteroatoms. The minimum absolute atomic E-state index is 0.424. The molecule has 4 aliphatic rings. The molecule has 0 amide bonds. The largest absolute Gasteiger partial charge is 0.393 e. The summed E-state index contributed by atoms with van der Waals surface area (Å²) in [5.74, 6) is 3.51. The Bertz CT molecular complexity index is 670. The molecule has 0 aliphatic heterocycles. The number of aliphatic hydroxyl groups is 2. The van der Waals surface area contributed by atoms with Gasteiger partial charge in [0.2, 0.25) is 0 Å². The lowest BCUT2D eigenvalue weighted by atomic mass is 9.60. The van der Waals surface area contributed by atoms with E-state index in [1.54, 1.807) is 5.57 Å². The molecule has 0 aromatic carbocycles. The van der Waals surface area contributed by atoms with Gasteiger partial charge in [0.25, 0.3) is 0 Å². The van der Waals surface area contributed by atoms with Crippen molar-refractivity contribution in [2.45, 2.75) is 103 Å². The van der Waals surface area contributed by atoms with Crippen LogP contribution in [0.5, 0.6) is 0 Å². The van der Waals surface area contributed by atoms with Crippen molar-refractivity contribution in [2.24, 2.45) is 29.1 Å². The summed E-state index contributed by atoms with van der Waals surface area (Å²) in [5.41, 5.74) is 3.92. The Morgan fingerprint density at radius 3 is 2.72 bits per heavy atom. The van der Waals surface area contributed by atoms with E-state index in [4.69, 9.17) is 0 Å². The maximum atomic E-state index is 10.1. The van der Waals surface area contributed by atoms with Crippen molar-refractivity contribution in [3.05, 3.63) is 35.5 Å². The van der Waals surface area contributed by atoms with Gasteiger partial charge in [0.1, 0.15) is 0 Å². The predicted octanol–water partition coefficient (Wildman–Crippen LogP) is 6.34. The summed E-state index contributed by atoms with van der Waals surface area (Å²) in [6.07, 6.45) is 18.5. The van der Waals surface area contributed by atoms with Crippen LogP contribution in [0.25, 0.3) is 0 Å². The van der Waals surface area contributed by atoms with Crippen molar-refractivity contribution in [2.75, 3.05) is 0 Å². The summed E-state index contributed by atoms with van der Waals surface area (Å²) in [6, 6.07) is 0. The van der Waals surface area contributed by atoms with Gasteiger partial charge in [0, 0.05) is 6.42 Å². The molecule has 0 saturated heterocycles. The lowest BCUT2D eigenvalue weighted by Crippen LogP contribution is -2.36. The van der Waals surface area contributed by atoms with Gasteiger partial charge in [0.05, 0.1) is 12.2 Å². The predicted molar refractivity (Wildman–Crippen MR) is 120 cm³/mol. The molecule has 4 rings (SSSR count). The Morgan fingerprint density at radius 2 is 1.97 bits per heavy atom. The Morgan fingerprint density at radius 1 is 1.17 bits per heavy atom. The molecule has 162 valence electrons. The maximum Gasteiger partial charge on any atom is 0.0811 e. The molecule has 2 nitrogen and oxygen atoms in total. The van der Waals surface area contributed by atoms with Crippen LogP contribution in [0.2, 0.25) is 0 Å². The second kappa shape index (κ2) is 8.71. The summed E-state index contributed by atoms with van der Waals surface area (Å²) in [5, 5.41) is 20.2. The normalized spacial score (nSPS) is 41.7. The molecule has 29 heavy (non-hydrogen) atoms. The van der Waals surface area contributed by atoms with Crippen LogP contribution in [0, 0.1) is 29.1 Å². The third-order valence-electron chi connectivity index (χ3n) is 8.96. The molecule has 0 bridgehead atoms. The van der Waals surface area contributed by atoms with Crippen LogP contribution in [0.1, 0.15) is 90.9 Å². The van der Waals surface area contributed by atoms with Gasteiger partial charge in [-0.25, -0.2) is 0 Å². The summed E-state index contributed by atoms with van der Waals surface area (Å²) >= 11 is 0. The first-order valence-corrected chi connectivity index (χ1v) is 12.3. The summed E-state index contributed by atoms with van der Waals surface area (Å²) in [4.78, 5) is 0. The van der Waals surface area contributed by atoms with Gasteiger partial charge in [-0.05, 0) is 78.8 Å². The van der Waals surface area contributed by atoms with Gasteiger partial charge < -0.3 is 10.2 Å². The molecule has 0 unspecified atom stereocenters. The van der Waals surface area contributed by atoms with E-state index in [2.05, 4.69) is 32.6 Å². The van der Waals surface area contributed by atoms with Crippen molar-refractivity contribution in [1.82, 2.24) is 0 Å². The zero-order valence-electron chi connectivity index (χ0n) is 18.7. The summed E-state index contributed by atoms with van der Waals surface area (Å²) in [7, 11) is 0. The van der Waals surface area contributed by atoms with Crippen LogP contribution >= 0.6 is 0 Å². The maximum absolute atomic E-state index is 10.1. The van der Waals surface area contributed by atoms with Crippen molar-refractivity contribution in [3.8, 4) is 0 Å². The molecular formula is C27H42O2. The third kappa shape index (κ3) is 4.59. The fourth-order valence-corrected chi connectivity index (χ4v) is 7.02. The molecule has 0 aromatic rings. The molecule has 2 N–H and O–H groups in total. The van der Waals surface area contributed by atoms with Gasteiger partial charge in [0.15, 0.2) is 0 Å². The first-order chi connectivity index (χ1) is 13.9. The standard InChI is InChI=1S/C27H42O2/c1-18(6-4-7-20-9-10-20)24-13-14-25-21(8-5-15-27(24,25)3)11-12-22-16-23(28)17-26(29)19(22)2/h11-12,18,20,23-26,28-29H,2,4-10,13-17H2,1,3H3/b21-11+,22-12-/t18-,23-,24-,25+,26+,27-/m1/s1. The highest BCUT2D eigenvalue weighted by molar-refractivity contribution is 5.38. The monoisotopic (exact) mass is 398 g/mol. The van der Waals surface area contributed by atoms with Gasteiger partial charge in [-0.15, -0.1) is 0 Å². The van der Waals surface area contributed by atoms with E-state index in [1.165, 1.54) is 64.2 Å². The highest BCUT2D eigenvalue weighted by Gasteiger charge is 2.50. The number of aliphatic hydroxyl groups excluding tert-OH is 2. The molecule has 0 spiro atoms. The van der Waals surface area contributed by atoms with E-state index in [0.717, 1.165) is 34.8 Å².